The third kappa shape index (κ3) is 42.7. The molecule has 0 N–H and O–H groups in total. The normalized spacial score (nSPS) is 14.6. The van der Waals surface area contributed by atoms with Gasteiger partial charge in [0.2, 0.25) is 0 Å². The van der Waals surface area contributed by atoms with Gasteiger partial charge in [-0.05, 0) is 32.1 Å². The summed E-state index contributed by atoms with van der Waals surface area (Å²) in [6.45, 7) is 3.75. The number of rotatable bonds is 2. The summed E-state index contributed by atoms with van der Waals surface area (Å²) < 4.78 is 67.9. The Hall–Kier alpha value is 0.142. The first kappa shape index (κ1) is 27.0. The molecule has 11 heteroatoms. The van der Waals surface area contributed by atoms with Gasteiger partial charge in [0.15, 0.2) is 0 Å². The second-order valence-corrected chi connectivity index (χ2v) is 5.21. The smallest absolute Gasteiger partial charge is 0.222 e. The number of hydrogen-bond donors (Lipinski definition) is 0. The molecule has 0 saturated carbocycles. The molecule has 0 unspecified atom stereocenters. The van der Waals surface area contributed by atoms with E-state index in [0.717, 1.165) is 6.42 Å². The van der Waals surface area contributed by atoms with E-state index in [1.807, 2.05) is 6.08 Å². The molecule has 0 saturated heterocycles. The van der Waals surface area contributed by atoms with Crippen LogP contribution in [-0.2, 0) is 20.4 Å². The maximum Gasteiger partial charge on any atom is 2.00 e. The van der Waals surface area contributed by atoms with Gasteiger partial charge in [-0.2, -0.15) is 0 Å². The summed E-state index contributed by atoms with van der Waals surface area (Å²) in [7, 11) is -9.89. The Labute approximate surface area is 146 Å². The van der Waals surface area contributed by atoms with Crippen molar-refractivity contribution >= 4 is 0 Å². The molecule has 0 fully saturated rings. The van der Waals surface area contributed by atoms with Crippen LogP contribution in [0.1, 0.15) is 32.1 Å². The van der Waals surface area contributed by atoms with E-state index in [0.29, 0.717) is 0 Å². The molecular weight excluding hydrogens is 437 g/mol. The van der Waals surface area contributed by atoms with Crippen molar-refractivity contribution in [2.45, 2.75) is 32.1 Å². The topological polar surface area (TPSA) is 184 Å². The van der Waals surface area contributed by atoms with Gasteiger partial charge in [-0.3, -0.25) is 0 Å². The zero-order valence-electron chi connectivity index (χ0n) is 11.4. The van der Waals surface area contributed by atoms with E-state index >= 15 is 0 Å². The predicted molar refractivity (Wildman–Crippen MR) is 50.5 cm³/mol. The van der Waals surface area contributed by atoms with Crippen molar-refractivity contribution in [2.24, 2.45) is 0 Å². The van der Waals surface area contributed by atoms with Crippen molar-refractivity contribution in [3.63, 3.8) is 0 Å². The fourth-order valence-electron chi connectivity index (χ4n) is 1.36. The first-order valence-electron chi connectivity index (χ1n) is 5.60. The zero-order chi connectivity index (χ0) is 16.9. The Morgan fingerprint density at radius 2 is 1.27 bits per heavy atom. The van der Waals surface area contributed by atoms with Gasteiger partial charge in [-0.1, -0.05) is 29.9 Å². The van der Waals surface area contributed by atoms with Crippen LogP contribution < -0.4 is 37.3 Å². The minimum atomic E-state index is -4.94. The van der Waals surface area contributed by atoms with Crippen molar-refractivity contribution in [3.05, 3.63) is 36.5 Å². The fraction of sp³-hybridized carbons (Fsp3) is 0.455. The molecule has 0 amide bonds. The molecule has 0 atom stereocenters. The van der Waals surface area contributed by atoms with Gasteiger partial charge < -0.3 is 0 Å². The van der Waals surface area contributed by atoms with Crippen LogP contribution in [0.2, 0.25) is 0 Å². The Kier molecular flexibility index (Phi) is 18.1. The van der Waals surface area contributed by atoms with Gasteiger partial charge in [0, 0.05) is 0 Å². The van der Waals surface area contributed by atoms with Crippen LogP contribution in [0.3, 0.4) is 0 Å². The maximum atomic E-state index is 8.49. The van der Waals surface area contributed by atoms with E-state index in [2.05, 4.69) is 24.8 Å². The van der Waals surface area contributed by atoms with Crippen molar-refractivity contribution in [2.75, 3.05) is 0 Å². The molecule has 1 aliphatic carbocycles. The van der Waals surface area contributed by atoms with E-state index in [1.54, 1.807) is 5.57 Å². The molecule has 0 aromatic rings. The van der Waals surface area contributed by atoms with Crippen LogP contribution in [-0.4, -0.2) is 0 Å². The van der Waals surface area contributed by atoms with Crippen LogP contribution in [0, 0.1) is 20.5 Å². The Balaban J connectivity index is -0.000000279. The molecule has 0 bridgehead atoms. The van der Waals surface area contributed by atoms with Crippen LogP contribution in [0.5, 0.6) is 0 Å². The third-order valence-corrected chi connectivity index (χ3v) is 1.97. The molecule has 8 nitrogen and oxygen atoms in total. The third-order valence-electron chi connectivity index (χ3n) is 1.97. The summed E-state index contributed by atoms with van der Waals surface area (Å²) in [6, 6.07) is 0. The number of hydrogen-bond acceptors (Lipinski definition) is 8. The van der Waals surface area contributed by atoms with Crippen LogP contribution in [0.4, 0.5) is 0 Å². The molecule has 1 aliphatic rings. The van der Waals surface area contributed by atoms with Gasteiger partial charge in [0.05, 0.1) is 0 Å². The van der Waals surface area contributed by atoms with Gasteiger partial charge in [0.25, 0.3) is 0 Å². The van der Waals surface area contributed by atoms with E-state index in [-0.39, 0.29) is 20.4 Å². The largest absolute Gasteiger partial charge is 2.00 e. The summed E-state index contributed by atoms with van der Waals surface area (Å²) in [5.74, 6) is 0. The molecule has 0 spiro atoms. The van der Waals surface area contributed by atoms with Crippen molar-refractivity contribution in [1.82, 2.24) is 0 Å². The predicted octanol–water partition coefficient (Wildman–Crippen LogP) is -5.90. The van der Waals surface area contributed by atoms with E-state index in [4.69, 9.17) is 37.3 Å². The van der Waals surface area contributed by atoms with Crippen LogP contribution in [0.25, 0.3) is 0 Å². The Morgan fingerprint density at radius 1 is 0.864 bits per heavy atom. The molecule has 132 valence electrons. The van der Waals surface area contributed by atoms with Crippen LogP contribution >= 0.6 is 0 Å². The molecular formula is C11H16Cl2O8Pd. The molecule has 0 aromatic heterocycles. The molecule has 0 radical (unpaired) electrons. The molecule has 0 aromatic carbocycles. The SMILES string of the molecule is C=CCC1=CCCC=CCC1.[O-][Cl+3]([O-])([O-])[O-].[O-][Cl+3]([O-])([O-])[O-].[Pd+2]. The molecule has 22 heavy (non-hydrogen) atoms. The standard InChI is InChI=1S/C11H16.2ClHO4.Pd/c1-2-8-11-9-6-4-3-5-7-10-11;2*2-1(3,4)5;/h2-4,10H,1,5-9H2;2*(H,2,3,4,5);/q;;;+2/p-2. The van der Waals surface area contributed by atoms with E-state index in [1.165, 1.54) is 25.7 Å². The van der Waals surface area contributed by atoms with Gasteiger partial charge in [-0.15, -0.1) is 27.1 Å². The van der Waals surface area contributed by atoms with E-state index in [9.17, 15) is 0 Å². The average molecular weight is 454 g/mol. The first-order chi connectivity index (χ1) is 9.43. The minimum absolute atomic E-state index is 0. The Bertz CT molecular complexity index is 312. The molecule has 0 aliphatic heterocycles. The van der Waals surface area contributed by atoms with E-state index < -0.39 is 20.5 Å². The summed E-state index contributed by atoms with van der Waals surface area (Å²) in [5, 5.41) is 0. The summed E-state index contributed by atoms with van der Waals surface area (Å²) in [5.41, 5.74) is 1.56. The second kappa shape index (κ2) is 14.7. The average Bonchev–Trinajstić information content (AvgIpc) is 2.16. The molecule has 1 rings (SSSR count). The quantitative estimate of drug-likeness (QED) is 0.292. The Morgan fingerprint density at radius 3 is 1.68 bits per heavy atom. The van der Waals surface area contributed by atoms with Gasteiger partial charge in [-0.25, -0.2) is 37.3 Å². The number of halogens is 2. The summed E-state index contributed by atoms with van der Waals surface area (Å²) >= 11 is 0. The summed E-state index contributed by atoms with van der Waals surface area (Å²) in [6.07, 6.45) is 14.9. The van der Waals surface area contributed by atoms with Crippen molar-refractivity contribution < 1.29 is 78.2 Å². The monoisotopic (exact) mass is 452 g/mol. The molecule has 0 heterocycles. The van der Waals surface area contributed by atoms with Gasteiger partial charge >= 0.3 is 20.4 Å². The summed E-state index contributed by atoms with van der Waals surface area (Å²) in [4.78, 5) is 0. The fourth-order valence-corrected chi connectivity index (χ4v) is 1.36. The first-order valence-corrected chi connectivity index (χ1v) is 8.07. The van der Waals surface area contributed by atoms with Crippen LogP contribution in [0.15, 0.2) is 36.5 Å². The van der Waals surface area contributed by atoms with Gasteiger partial charge in [0.1, 0.15) is 0 Å². The second-order valence-electron chi connectivity index (χ2n) is 3.70. The van der Waals surface area contributed by atoms with Crippen molar-refractivity contribution in [1.29, 1.82) is 0 Å². The zero-order valence-corrected chi connectivity index (χ0v) is 14.5. The maximum absolute atomic E-state index is 8.49. The number of allylic oxidation sites excluding steroid dienone is 5. The minimum Gasteiger partial charge on any atom is -0.222 e. The van der Waals surface area contributed by atoms with Crippen molar-refractivity contribution in [3.8, 4) is 0 Å².